The minimum absolute atomic E-state index is 0.0179. The molecule has 3 rings (SSSR count). The first kappa shape index (κ1) is 26.6. The van der Waals surface area contributed by atoms with Gasteiger partial charge in [-0.15, -0.1) is 0 Å². The maximum absolute atomic E-state index is 13.5. The minimum Gasteiger partial charge on any atom is -0.345 e. The SMILES string of the molecule is CCCCN(Cc1cccn1Cc1cccc(C)c1)C(=O)CN(C(=O)c1ccccc1Cl)C(C)C. The van der Waals surface area contributed by atoms with Crippen LogP contribution in [0, 0.1) is 6.92 Å². The van der Waals surface area contributed by atoms with E-state index in [-0.39, 0.29) is 24.4 Å². The highest BCUT2D eigenvalue weighted by Gasteiger charge is 2.26. The number of hydrogen-bond donors (Lipinski definition) is 0. The third kappa shape index (κ3) is 7.22. The van der Waals surface area contributed by atoms with Gasteiger partial charge >= 0.3 is 0 Å². The summed E-state index contributed by atoms with van der Waals surface area (Å²) in [5.74, 6) is -0.284. The van der Waals surface area contributed by atoms with Gasteiger partial charge in [-0.1, -0.05) is 66.9 Å². The summed E-state index contributed by atoms with van der Waals surface area (Å²) in [7, 11) is 0. The van der Waals surface area contributed by atoms with E-state index in [0.717, 1.165) is 25.1 Å². The molecule has 0 saturated carbocycles. The monoisotopic (exact) mass is 493 g/mol. The number of benzene rings is 2. The molecular weight excluding hydrogens is 458 g/mol. The van der Waals surface area contributed by atoms with Crippen molar-refractivity contribution in [2.75, 3.05) is 13.1 Å². The molecule has 0 unspecified atom stereocenters. The third-order valence-corrected chi connectivity index (χ3v) is 6.47. The number of nitrogens with zero attached hydrogens (tertiary/aromatic N) is 3. The van der Waals surface area contributed by atoms with Gasteiger partial charge in [-0.3, -0.25) is 9.59 Å². The molecule has 3 aromatic rings. The van der Waals surface area contributed by atoms with E-state index >= 15 is 0 Å². The van der Waals surface area contributed by atoms with Crippen molar-refractivity contribution in [3.63, 3.8) is 0 Å². The molecule has 1 aromatic heterocycles. The smallest absolute Gasteiger partial charge is 0.256 e. The lowest BCUT2D eigenvalue weighted by molar-refractivity contribution is -0.133. The second-order valence-electron chi connectivity index (χ2n) is 9.29. The molecule has 35 heavy (non-hydrogen) atoms. The van der Waals surface area contributed by atoms with E-state index in [0.29, 0.717) is 23.7 Å². The largest absolute Gasteiger partial charge is 0.345 e. The van der Waals surface area contributed by atoms with Crippen LogP contribution in [0.5, 0.6) is 0 Å². The van der Waals surface area contributed by atoms with Crippen LogP contribution in [0.1, 0.15) is 60.8 Å². The zero-order valence-electron chi connectivity index (χ0n) is 21.2. The fourth-order valence-electron chi connectivity index (χ4n) is 4.11. The molecule has 186 valence electrons. The first-order valence-corrected chi connectivity index (χ1v) is 12.7. The minimum atomic E-state index is -0.225. The van der Waals surface area contributed by atoms with Crippen molar-refractivity contribution in [3.8, 4) is 0 Å². The first-order chi connectivity index (χ1) is 16.8. The van der Waals surface area contributed by atoms with Crippen LogP contribution in [0.2, 0.25) is 5.02 Å². The number of rotatable bonds is 11. The molecule has 2 amide bonds. The molecule has 0 fully saturated rings. The standard InChI is InChI=1S/C29H36ClN3O2/c1-5-6-16-32(20-25-13-10-17-31(25)19-24-12-9-11-23(4)18-24)28(34)21-33(22(2)3)29(35)26-14-7-8-15-27(26)30/h7-15,17-18,22H,5-6,16,19-21H2,1-4H3. The number of carbonyl (C=O) groups excluding carboxylic acids is 2. The summed E-state index contributed by atoms with van der Waals surface area (Å²) in [6.07, 6.45) is 3.95. The normalized spacial score (nSPS) is 11.0. The Morgan fingerprint density at radius 1 is 1.03 bits per heavy atom. The Labute approximate surface area is 214 Å². The Hall–Kier alpha value is -3.05. The van der Waals surface area contributed by atoms with Gasteiger partial charge in [-0.2, -0.15) is 0 Å². The zero-order valence-corrected chi connectivity index (χ0v) is 22.0. The topological polar surface area (TPSA) is 45.6 Å². The van der Waals surface area contributed by atoms with Crippen LogP contribution >= 0.6 is 11.6 Å². The molecule has 0 bridgehead atoms. The maximum Gasteiger partial charge on any atom is 0.256 e. The van der Waals surface area contributed by atoms with Crippen molar-refractivity contribution >= 4 is 23.4 Å². The summed E-state index contributed by atoms with van der Waals surface area (Å²) in [4.78, 5) is 30.2. The third-order valence-electron chi connectivity index (χ3n) is 6.14. The van der Waals surface area contributed by atoms with Gasteiger partial charge in [0.05, 0.1) is 17.1 Å². The van der Waals surface area contributed by atoms with Gasteiger partial charge in [-0.05, 0) is 57.0 Å². The van der Waals surface area contributed by atoms with Crippen molar-refractivity contribution in [3.05, 3.63) is 94.3 Å². The summed E-state index contributed by atoms with van der Waals surface area (Å²) in [5.41, 5.74) is 3.95. The van der Waals surface area contributed by atoms with Crippen LogP contribution in [0.3, 0.4) is 0 Å². The lowest BCUT2D eigenvalue weighted by atomic mass is 10.1. The first-order valence-electron chi connectivity index (χ1n) is 12.3. The van der Waals surface area contributed by atoms with Gasteiger partial charge in [0.25, 0.3) is 5.91 Å². The molecule has 0 aliphatic carbocycles. The van der Waals surface area contributed by atoms with Crippen molar-refractivity contribution < 1.29 is 9.59 Å². The molecule has 2 aromatic carbocycles. The molecule has 0 radical (unpaired) electrons. The van der Waals surface area contributed by atoms with E-state index in [1.165, 1.54) is 11.1 Å². The van der Waals surface area contributed by atoms with E-state index in [1.54, 1.807) is 29.2 Å². The Balaban J connectivity index is 1.78. The van der Waals surface area contributed by atoms with Crippen LogP contribution in [0.25, 0.3) is 0 Å². The van der Waals surface area contributed by atoms with E-state index in [9.17, 15) is 9.59 Å². The van der Waals surface area contributed by atoms with Crippen molar-refractivity contribution in [1.29, 1.82) is 0 Å². The Morgan fingerprint density at radius 3 is 2.49 bits per heavy atom. The average molecular weight is 494 g/mol. The second-order valence-corrected chi connectivity index (χ2v) is 9.70. The van der Waals surface area contributed by atoms with Gasteiger partial charge in [0.2, 0.25) is 5.91 Å². The number of hydrogen-bond acceptors (Lipinski definition) is 2. The predicted octanol–water partition coefficient (Wildman–Crippen LogP) is 6.18. The maximum atomic E-state index is 13.5. The van der Waals surface area contributed by atoms with Crippen LogP contribution in [0.4, 0.5) is 0 Å². The van der Waals surface area contributed by atoms with Crippen LogP contribution in [-0.4, -0.2) is 45.3 Å². The highest BCUT2D eigenvalue weighted by molar-refractivity contribution is 6.33. The fourth-order valence-corrected chi connectivity index (χ4v) is 4.33. The molecular formula is C29H36ClN3O2. The highest BCUT2D eigenvalue weighted by atomic mass is 35.5. The van der Waals surface area contributed by atoms with Gasteiger partial charge in [-0.25, -0.2) is 0 Å². The van der Waals surface area contributed by atoms with Crippen LogP contribution < -0.4 is 0 Å². The van der Waals surface area contributed by atoms with Crippen molar-refractivity contribution in [2.45, 2.75) is 59.7 Å². The summed E-state index contributed by atoms with van der Waals surface area (Å²) in [5, 5.41) is 0.396. The van der Waals surface area contributed by atoms with Crippen LogP contribution in [0.15, 0.2) is 66.9 Å². The Morgan fingerprint density at radius 2 is 1.80 bits per heavy atom. The van der Waals surface area contributed by atoms with E-state index in [1.807, 2.05) is 24.8 Å². The Kier molecular flexibility index (Phi) is 9.55. The van der Waals surface area contributed by atoms with E-state index in [2.05, 4.69) is 54.9 Å². The highest BCUT2D eigenvalue weighted by Crippen LogP contribution is 2.19. The number of amides is 2. The van der Waals surface area contributed by atoms with Crippen molar-refractivity contribution in [1.82, 2.24) is 14.4 Å². The molecule has 0 N–H and O–H groups in total. The van der Waals surface area contributed by atoms with E-state index in [4.69, 9.17) is 11.6 Å². The second kappa shape index (κ2) is 12.6. The molecule has 1 heterocycles. The lowest BCUT2D eigenvalue weighted by Gasteiger charge is -2.30. The predicted molar refractivity (Wildman–Crippen MR) is 143 cm³/mol. The summed E-state index contributed by atoms with van der Waals surface area (Å²) in [6.45, 7) is 9.98. The average Bonchev–Trinajstić information content (AvgIpc) is 3.26. The molecule has 0 saturated heterocycles. The molecule has 0 aliphatic heterocycles. The fraction of sp³-hybridized carbons (Fsp3) is 0.379. The van der Waals surface area contributed by atoms with E-state index < -0.39 is 0 Å². The lowest BCUT2D eigenvalue weighted by Crippen LogP contribution is -2.46. The van der Waals surface area contributed by atoms with Gasteiger partial charge < -0.3 is 14.4 Å². The zero-order chi connectivity index (χ0) is 25.4. The summed E-state index contributed by atoms with van der Waals surface area (Å²) < 4.78 is 2.19. The van der Waals surface area contributed by atoms with Gasteiger partial charge in [0.15, 0.2) is 0 Å². The molecule has 0 atom stereocenters. The summed E-state index contributed by atoms with van der Waals surface area (Å²) >= 11 is 6.28. The Bertz CT molecular complexity index is 1140. The van der Waals surface area contributed by atoms with Gasteiger partial charge in [0.1, 0.15) is 6.54 Å². The number of halogens is 1. The quantitative estimate of drug-likeness (QED) is 0.320. The van der Waals surface area contributed by atoms with Crippen molar-refractivity contribution in [2.24, 2.45) is 0 Å². The number of carbonyl (C=O) groups is 2. The number of unbranched alkanes of at least 4 members (excludes halogenated alkanes) is 1. The molecule has 0 spiro atoms. The summed E-state index contributed by atoms with van der Waals surface area (Å²) in [6, 6.07) is 19.4. The molecule has 0 aliphatic rings. The molecule has 5 nitrogen and oxygen atoms in total. The number of aryl methyl sites for hydroxylation is 1. The van der Waals surface area contributed by atoms with Gasteiger partial charge in [0, 0.05) is 31.0 Å². The number of aromatic nitrogens is 1. The molecule has 6 heteroatoms. The van der Waals surface area contributed by atoms with Crippen LogP contribution in [-0.2, 0) is 17.9 Å².